The van der Waals surface area contributed by atoms with E-state index in [0.29, 0.717) is 0 Å². The molecule has 0 unspecified atom stereocenters. The average Bonchev–Trinajstić information content (AvgIpc) is 0. The van der Waals surface area contributed by atoms with Gasteiger partial charge in [-0.2, -0.15) is 0 Å². The quantitative estimate of drug-likeness (QED) is 0.468. The van der Waals surface area contributed by atoms with E-state index in [4.69, 9.17) is 0 Å². The Morgan fingerprint density at radius 2 is 1.00 bits per heavy atom. The van der Waals surface area contributed by atoms with Gasteiger partial charge in [-0.15, -0.1) is 0 Å². The monoisotopic (exact) mass is 184 g/mol. The minimum Gasteiger partial charge on any atom is 0 e. The minimum absolute atomic E-state index is 0. The van der Waals surface area contributed by atoms with Crippen LogP contribution in [0.15, 0.2) is 0 Å². The molecule has 3 heteroatoms. The van der Waals surface area contributed by atoms with Crippen LogP contribution < -0.4 is 0 Å². The molecule has 0 aliphatic rings. The number of hydrogen-bond donors (Lipinski definition) is 0. The molecule has 0 rings (SSSR count). The smallest absolute Gasteiger partial charge is 0 e. The Morgan fingerprint density at radius 3 is 1.00 bits per heavy atom. The van der Waals surface area contributed by atoms with E-state index < -0.39 is 0 Å². The Bertz CT molecular complexity index is 8.00. The first-order valence-corrected chi connectivity index (χ1v) is 0. The van der Waals surface area contributed by atoms with Crippen molar-refractivity contribution in [2.24, 2.45) is 0 Å². The molecular formula is CCoMnNi. The van der Waals surface area contributed by atoms with E-state index in [1.807, 2.05) is 0 Å². The molecule has 0 aromatic heterocycles. The molecule has 0 spiro atoms. The third kappa shape index (κ3) is 9.68. The fourth-order valence-electron chi connectivity index (χ4n) is 0. The molecule has 0 bridgehead atoms. The fourth-order valence-corrected chi connectivity index (χ4v) is 0. The van der Waals surface area contributed by atoms with Crippen LogP contribution in [0.25, 0.3) is 0 Å². The van der Waals surface area contributed by atoms with Crippen LogP contribution in [0.3, 0.4) is 0 Å². The minimum atomic E-state index is 0. The molecule has 0 saturated carbocycles. The van der Waals surface area contributed by atoms with Crippen molar-refractivity contribution in [3.8, 4) is 0 Å². The second-order valence-electron chi connectivity index (χ2n) is 0. The second-order valence-corrected chi connectivity index (χ2v) is 0. The first-order valence-electron chi connectivity index (χ1n) is 0. The molecule has 0 aromatic carbocycles. The van der Waals surface area contributed by atoms with E-state index in [1.54, 1.807) is 0 Å². The maximum Gasteiger partial charge on any atom is 0 e. The van der Waals surface area contributed by atoms with Gasteiger partial charge in [0.05, 0.1) is 0 Å². The van der Waals surface area contributed by atoms with Gasteiger partial charge >= 0.3 is 0 Å². The summed E-state index contributed by atoms with van der Waals surface area (Å²) in [6, 6.07) is 0. The Balaban J connectivity index is 0. The van der Waals surface area contributed by atoms with Gasteiger partial charge in [0.15, 0.2) is 0 Å². The summed E-state index contributed by atoms with van der Waals surface area (Å²) in [5, 5.41) is 0. The molecule has 0 heterocycles. The summed E-state index contributed by atoms with van der Waals surface area (Å²) in [4.78, 5) is 0. The van der Waals surface area contributed by atoms with Gasteiger partial charge in [-0.25, -0.2) is 0 Å². The summed E-state index contributed by atoms with van der Waals surface area (Å²) in [5.41, 5.74) is 0. The first-order chi connectivity index (χ1) is 0. The van der Waals surface area contributed by atoms with Crippen LogP contribution in [-0.2, 0) is 50.3 Å². The number of hydrogen-bond acceptors (Lipinski definition) is 0. The summed E-state index contributed by atoms with van der Waals surface area (Å²) in [6.07, 6.45) is 0. The Hall–Kier alpha value is 1.52. The molecule has 0 N–H and O–H groups in total. The Labute approximate surface area is 57.7 Å². The zero-order valence-electron chi connectivity index (χ0n) is 1.53. The number of rotatable bonds is 0. The van der Waals surface area contributed by atoms with Crippen molar-refractivity contribution in [1.82, 2.24) is 0 Å². The molecule has 6 radical (unpaired) electrons. The normalized spacial score (nSPS) is 0. The van der Waals surface area contributed by atoms with E-state index in [-0.39, 0.29) is 57.8 Å². The molecule has 0 aromatic rings. The third-order valence-electron chi connectivity index (χ3n) is 0. The van der Waals surface area contributed by atoms with Gasteiger partial charge in [-0.05, 0) is 0 Å². The molecule has 0 aliphatic heterocycles. The molecule has 0 amide bonds. The standard InChI is InChI=1S/C.Co.Mn.Ni. The van der Waals surface area contributed by atoms with Crippen LogP contribution in [0.1, 0.15) is 0 Å². The molecule has 4 heavy (non-hydrogen) atoms. The first kappa shape index (κ1) is 48.8. The molecule has 0 saturated heterocycles. The van der Waals surface area contributed by atoms with E-state index >= 15 is 0 Å². The van der Waals surface area contributed by atoms with E-state index in [2.05, 4.69) is 0 Å². The van der Waals surface area contributed by atoms with Crippen molar-refractivity contribution < 1.29 is 50.3 Å². The van der Waals surface area contributed by atoms with E-state index in [1.165, 1.54) is 0 Å². The van der Waals surface area contributed by atoms with Gasteiger partial charge < -0.3 is 0 Å². The molecular weight excluding hydrogens is 185 g/mol. The maximum absolute atomic E-state index is 0. The third-order valence-corrected chi connectivity index (χ3v) is 0. The fraction of sp³-hybridized carbons (Fsp3) is 0. The van der Waals surface area contributed by atoms with Crippen LogP contribution in [0, 0.1) is 7.43 Å². The van der Waals surface area contributed by atoms with Crippen LogP contribution in [0.4, 0.5) is 0 Å². The van der Waals surface area contributed by atoms with Gasteiger partial charge in [0.25, 0.3) is 0 Å². The second kappa shape index (κ2) is 24.2. The van der Waals surface area contributed by atoms with Gasteiger partial charge in [0, 0.05) is 57.8 Å². The largest absolute Gasteiger partial charge is 0 e. The van der Waals surface area contributed by atoms with Crippen molar-refractivity contribution >= 4 is 0 Å². The van der Waals surface area contributed by atoms with Crippen LogP contribution in [0.2, 0.25) is 0 Å². The molecule has 30 valence electrons. The molecule has 0 aliphatic carbocycles. The maximum atomic E-state index is 0. The summed E-state index contributed by atoms with van der Waals surface area (Å²) in [5.74, 6) is 0. The SMILES string of the molecule is [C].[Co].[Mn].[Ni]. The van der Waals surface area contributed by atoms with Crippen molar-refractivity contribution in [3.63, 3.8) is 0 Å². The summed E-state index contributed by atoms with van der Waals surface area (Å²) < 4.78 is 0. The zero-order chi connectivity index (χ0) is 0. The van der Waals surface area contributed by atoms with Crippen LogP contribution >= 0.6 is 0 Å². The van der Waals surface area contributed by atoms with Gasteiger partial charge in [0.2, 0.25) is 0 Å². The van der Waals surface area contributed by atoms with Crippen molar-refractivity contribution in [2.45, 2.75) is 0 Å². The van der Waals surface area contributed by atoms with Gasteiger partial charge in [-0.1, -0.05) is 0 Å². The van der Waals surface area contributed by atoms with Crippen molar-refractivity contribution in [2.75, 3.05) is 0 Å². The van der Waals surface area contributed by atoms with Crippen molar-refractivity contribution in [1.29, 1.82) is 0 Å². The molecule has 0 nitrogen and oxygen atoms in total. The summed E-state index contributed by atoms with van der Waals surface area (Å²) in [7, 11) is 0. The van der Waals surface area contributed by atoms with Crippen molar-refractivity contribution in [3.05, 3.63) is 7.43 Å². The van der Waals surface area contributed by atoms with Crippen LogP contribution in [-0.4, -0.2) is 0 Å². The molecule has 0 atom stereocenters. The predicted molar refractivity (Wildman–Crippen MR) is 3.24 cm³/mol. The topological polar surface area (TPSA) is 0 Å². The van der Waals surface area contributed by atoms with Crippen LogP contribution in [0.5, 0.6) is 0 Å². The van der Waals surface area contributed by atoms with E-state index in [0.717, 1.165) is 0 Å². The Kier molecular flexibility index (Phi) is 296. The molecule has 0 fully saturated rings. The zero-order valence-corrected chi connectivity index (χ0v) is 4.74. The average molecular weight is 185 g/mol. The van der Waals surface area contributed by atoms with Gasteiger partial charge in [0.1, 0.15) is 0 Å². The Morgan fingerprint density at radius 1 is 1.00 bits per heavy atom. The van der Waals surface area contributed by atoms with E-state index in [9.17, 15) is 0 Å². The van der Waals surface area contributed by atoms with Gasteiger partial charge in [-0.3, -0.25) is 0 Å². The predicted octanol–water partition coefficient (Wildman–Crippen LogP) is 0.0738. The summed E-state index contributed by atoms with van der Waals surface area (Å²) >= 11 is 0. The summed E-state index contributed by atoms with van der Waals surface area (Å²) in [6.45, 7) is 0.